The second-order valence-corrected chi connectivity index (χ2v) is 6.27. The lowest BCUT2D eigenvalue weighted by molar-refractivity contribution is -0.116. The first-order valence-corrected chi connectivity index (χ1v) is 8.21. The van der Waals surface area contributed by atoms with Gasteiger partial charge in [0.15, 0.2) is 5.78 Å². The summed E-state index contributed by atoms with van der Waals surface area (Å²) in [5.41, 5.74) is 1.67. The third-order valence-corrected chi connectivity index (χ3v) is 4.34. The Kier molecular flexibility index (Phi) is 4.26. The van der Waals surface area contributed by atoms with Gasteiger partial charge in [-0.05, 0) is 13.8 Å². The van der Waals surface area contributed by atoms with E-state index in [4.69, 9.17) is 0 Å². The van der Waals surface area contributed by atoms with Crippen molar-refractivity contribution in [1.82, 2.24) is 14.8 Å². The van der Waals surface area contributed by atoms with Gasteiger partial charge in [-0.1, -0.05) is 30.3 Å². The van der Waals surface area contributed by atoms with Crippen LogP contribution in [0.15, 0.2) is 40.5 Å². The molecule has 24 heavy (non-hydrogen) atoms. The molecular formula is C17H15N3O3S. The van der Waals surface area contributed by atoms with E-state index in [0.717, 1.165) is 11.3 Å². The summed E-state index contributed by atoms with van der Waals surface area (Å²) in [5, 5.41) is 5.17. The number of aryl methyl sites for hydroxylation is 1. The fourth-order valence-corrected chi connectivity index (χ4v) is 3.22. The maximum absolute atomic E-state index is 12.5. The van der Waals surface area contributed by atoms with Gasteiger partial charge in [-0.25, -0.2) is 4.98 Å². The molecule has 0 unspecified atom stereocenters. The second-order valence-electron chi connectivity index (χ2n) is 5.44. The number of rotatable bonds is 5. The summed E-state index contributed by atoms with van der Waals surface area (Å²) in [6.45, 7) is 2.96. The molecule has 0 spiro atoms. The van der Waals surface area contributed by atoms with Crippen LogP contribution in [0.1, 0.15) is 29.4 Å². The number of hydrogen-bond acceptors (Lipinski definition) is 5. The number of thiazole rings is 1. The van der Waals surface area contributed by atoms with Gasteiger partial charge in [-0.2, -0.15) is 4.68 Å². The van der Waals surface area contributed by atoms with Crippen LogP contribution < -0.4 is 5.56 Å². The molecule has 0 aliphatic heterocycles. The Morgan fingerprint density at radius 2 is 1.96 bits per heavy atom. The van der Waals surface area contributed by atoms with Crippen molar-refractivity contribution in [2.24, 2.45) is 0 Å². The van der Waals surface area contributed by atoms with Crippen molar-refractivity contribution in [2.75, 3.05) is 0 Å². The first-order chi connectivity index (χ1) is 11.5. The van der Waals surface area contributed by atoms with E-state index in [2.05, 4.69) is 10.1 Å². The van der Waals surface area contributed by atoms with Crippen molar-refractivity contribution in [1.29, 1.82) is 0 Å². The first-order valence-electron chi connectivity index (χ1n) is 7.33. The van der Waals surface area contributed by atoms with E-state index >= 15 is 0 Å². The van der Waals surface area contributed by atoms with Crippen LogP contribution in [0.4, 0.5) is 0 Å². The number of carbonyl (C=O) groups is 2. The monoisotopic (exact) mass is 341 g/mol. The molecular weight excluding hydrogens is 326 g/mol. The van der Waals surface area contributed by atoms with Gasteiger partial charge in [0.1, 0.15) is 11.3 Å². The molecule has 0 fully saturated rings. The van der Waals surface area contributed by atoms with Crippen molar-refractivity contribution in [3.8, 4) is 16.4 Å². The minimum atomic E-state index is -0.479. The molecule has 2 heterocycles. The van der Waals surface area contributed by atoms with E-state index in [-0.39, 0.29) is 17.8 Å². The zero-order chi connectivity index (χ0) is 17.3. The molecule has 0 atom stereocenters. The number of nitrogens with zero attached hydrogens (tertiary/aromatic N) is 2. The van der Waals surface area contributed by atoms with Crippen LogP contribution in [0.2, 0.25) is 0 Å². The van der Waals surface area contributed by atoms with E-state index in [1.807, 2.05) is 35.7 Å². The van der Waals surface area contributed by atoms with Crippen molar-refractivity contribution < 1.29 is 9.59 Å². The molecule has 122 valence electrons. The topological polar surface area (TPSA) is 84.8 Å². The quantitative estimate of drug-likeness (QED) is 0.571. The first kappa shape index (κ1) is 16.1. The highest BCUT2D eigenvalue weighted by molar-refractivity contribution is 7.12. The minimum absolute atomic E-state index is 0.0154. The Labute approximate surface area is 141 Å². The zero-order valence-electron chi connectivity index (χ0n) is 13.2. The normalized spacial score (nSPS) is 10.8. The van der Waals surface area contributed by atoms with Crippen LogP contribution in [0.25, 0.3) is 16.4 Å². The SMILES string of the molecule is CC(=O)CC(=O)c1c(C)[nH]n(-c2nc(-c3ccccc3)cs2)c1=O. The van der Waals surface area contributed by atoms with Crippen LogP contribution in [0.5, 0.6) is 0 Å². The molecule has 3 rings (SSSR count). The van der Waals surface area contributed by atoms with E-state index in [1.165, 1.54) is 22.9 Å². The summed E-state index contributed by atoms with van der Waals surface area (Å²) >= 11 is 1.30. The number of hydrogen-bond donors (Lipinski definition) is 1. The van der Waals surface area contributed by atoms with Gasteiger partial charge in [0.2, 0.25) is 5.13 Å². The number of carbonyl (C=O) groups excluding carboxylic acids is 2. The van der Waals surface area contributed by atoms with Gasteiger partial charge in [0, 0.05) is 16.6 Å². The van der Waals surface area contributed by atoms with Gasteiger partial charge in [-0.3, -0.25) is 19.5 Å². The maximum atomic E-state index is 12.5. The predicted molar refractivity (Wildman–Crippen MR) is 91.9 cm³/mol. The Balaban J connectivity index is 2.00. The van der Waals surface area contributed by atoms with Crippen LogP contribution in [-0.2, 0) is 4.79 Å². The van der Waals surface area contributed by atoms with Crippen molar-refractivity contribution >= 4 is 22.9 Å². The molecule has 0 amide bonds. The van der Waals surface area contributed by atoms with Gasteiger partial charge in [0.05, 0.1) is 12.1 Å². The fraction of sp³-hybridized carbons (Fsp3) is 0.176. The molecule has 0 bridgehead atoms. The summed E-state index contributed by atoms with van der Waals surface area (Å²) in [6, 6.07) is 9.62. The van der Waals surface area contributed by atoms with Crippen LogP contribution >= 0.6 is 11.3 Å². The number of nitrogens with one attached hydrogen (secondary N) is 1. The van der Waals surface area contributed by atoms with Crippen molar-refractivity contribution in [3.63, 3.8) is 0 Å². The molecule has 2 aromatic heterocycles. The Morgan fingerprint density at radius 3 is 2.62 bits per heavy atom. The highest BCUT2D eigenvalue weighted by Crippen LogP contribution is 2.23. The van der Waals surface area contributed by atoms with E-state index < -0.39 is 11.3 Å². The second kappa shape index (κ2) is 6.37. The third kappa shape index (κ3) is 2.98. The molecule has 1 N–H and O–H groups in total. The lowest BCUT2D eigenvalue weighted by atomic mass is 10.1. The smallest absolute Gasteiger partial charge is 0.284 e. The molecule has 7 heteroatoms. The Hall–Kier alpha value is -2.80. The standard InChI is InChI=1S/C17H15N3O3S/c1-10(21)8-14(22)15-11(2)19-20(16(15)23)17-18-13(9-24-17)12-6-4-3-5-7-12/h3-7,9,19H,8H2,1-2H3. The molecule has 0 radical (unpaired) electrons. The number of H-pyrrole nitrogens is 1. The summed E-state index contributed by atoms with van der Waals surface area (Å²) < 4.78 is 1.25. The summed E-state index contributed by atoms with van der Waals surface area (Å²) in [7, 11) is 0. The predicted octanol–water partition coefficient (Wildman–Crippen LogP) is 2.76. The lowest BCUT2D eigenvalue weighted by Gasteiger charge is -1.96. The summed E-state index contributed by atoms with van der Waals surface area (Å²) in [6.07, 6.45) is -0.277. The summed E-state index contributed by atoms with van der Waals surface area (Å²) in [5.74, 6) is -0.744. The Morgan fingerprint density at radius 1 is 1.25 bits per heavy atom. The van der Waals surface area contributed by atoms with E-state index in [0.29, 0.717) is 10.8 Å². The van der Waals surface area contributed by atoms with Crippen LogP contribution in [-0.4, -0.2) is 26.3 Å². The molecule has 0 saturated heterocycles. The van der Waals surface area contributed by atoms with Crippen LogP contribution in [0, 0.1) is 6.92 Å². The largest absolute Gasteiger partial charge is 0.300 e. The van der Waals surface area contributed by atoms with Gasteiger partial charge >= 0.3 is 0 Å². The highest BCUT2D eigenvalue weighted by Gasteiger charge is 2.21. The third-order valence-electron chi connectivity index (χ3n) is 3.51. The minimum Gasteiger partial charge on any atom is -0.300 e. The van der Waals surface area contributed by atoms with Crippen molar-refractivity contribution in [3.05, 3.63) is 57.3 Å². The number of ketones is 2. The van der Waals surface area contributed by atoms with Gasteiger partial charge < -0.3 is 0 Å². The van der Waals surface area contributed by atoms with Crippen LogP contribution in [0.3, 0.4) is 0 Å². The molecule has 0 saturated carbocycles. The molecule has 0 aliphatic rings. The average Bonchev–Trinajstić information content (AvgIpc) is 3.12. The van der Waals surface area contributed by atoms with Crippen molar-refractivity contribution in [2.45, 2.75) is 20.3 Å². The molecule has 0 aliphatic carbocycles. The number of Topliss-reactive ketones (excluding diaryl/α,β-unsaturated/α-hetero) is 2. The van der Waals surface area contributed by atoms with E-state index in [1.54, 1.807) is 6.92 Å². The maximum Gasteiger partial charge on any atom is 0.284 e. The lowest BCUT2D eigenvalue weighted by Crippen LogP contribution is -2.21. The highest BCUT2D eigenvalue weighted by atomic mass is 32.1. The molecule has 1 aromatic carbocycles. The molecule has 3 aromatic rings. The van der Waals surface area contributed by atoms with E-state index in [9.17, 15) is 14.4 Å². The summed E-state index contributed by atoms with van der Waals surface area (Å²) in [4.78, 5) is 40.2. The number of aromatic nitrogens is 3. The Bertz CT molecular complexity index is 967. The number of benzene rings is 1. The number of aromatic amines is 1. The molecule has 6 nitrogen and oxygen atoms in total. The van der Waals surface area contributed by atoms with Gasteiger partial charge in [-0.15, -0.1) is 11.3 Å². The van der Waals surface area contributed by atoms with Gasteiger partial charge in [0.25, 0.3) is 5.56 Å². The zero-order valence-corrected chi connectivity index (χ0v) is 14.0. The fourth-order valence-electron chi connectivity index (χ4n) is 2.43. The average molecular weight is 341 g/mol.